The lowest BCUT2D eigenvalue weighted by Gasteiger charge is -1.97. The Balaban J connectivity index is 0.000000189. The van der Waals surface area contributed by atoms with Crippen LogP contribution in [-0.4, -0.2) is 38.6 Å². The second-order valence-corrected chi connectivity index (χ2v) is 7.47. The minimum atomic E-state index is -0.330. The number of fused-ring (bicyclic) bond motifs is 2. The zero-order valence-corrected chi connectivity index (χ0v) is 17.9. The van der Waals surface area contributed by atoms with E-state index in [1.54, 1.807) is 18.2 Å². The lowest BCUT2D eigenvalue weighted by Crippen LogP contribution is -2.00. The predicted octanol–water partition coefficient (Wildman–Crippen LogP) is 4.25. The molecular weight excluding hydrogens is 574 g/mol. The summed E-state index contributed by atoms with van der Waals surface area (Å²) in [4.78, 5) is 11.2. The number of methoxy groups -OCH3 is 1. The maximum absolute atomic E-state index is 11.2. The Morgan fingerprint density at radius 1 is 1.04 bits per heavy atom. The van der Waals surface area contributed by atoms with Gasteiger partial charge in [0, 0.05) is 10.8 Å². The highest BCUT2D eigenvalue weighted by molar-refractivity contribution is 14.1. The fraction of sp³-hybridized carbons (Fsp3) is 0.167. The van der Waals surface area contributed by atoms with E-state index in [1.165, 1.54) is 7.11 Å². The molecule has 0 fully saturated rings. The summed E-state index contributed by atoms with van der Waals surface area (Å²) in [6, 6.07) is 11.0. The van der Waals surface area contributed by atoms with Crippen LogP contribution in [0, 0.1) is 7.40 Å². The van der Waals surface area contributed by atoms with Crippen molar-refractivity contribution >= 4 is 73.0 Å². The molecule has 9 heteroatoms. The van der Waals surface area contributed by atoms with Gasteiger partial charge in [-0.1, -0.05) is 13.5 Å². The highest BCUT2D eigenvalue weighted by Gasteiger charge is 2.08. The van der Waals surface area contributed by atoms with E-state index in [0.717, 1.165) is 34.8 Å². The van der Waals surface area contributed by atoms with Crippen molar-refractivity contribution < 1.29 is 14.6 Å². The van der Waals surface area contributed by atoms with Crippen LogP contribution in [0.25, 0.3) is 21.8 Å². The van der Waals surface area contributed by atoms with Gasteiger partial charge in [0.25, 0.3) is 0 Å². The Hall–Kier alpha value is -1.73. The van der Waals surface area contributed by atoms with Crippen molar-refractivity contribution in [1.82, 2.24) is 20.4 Å². The first-order valence-electron chi connectivity index (χ1n) is 7.48. The number of H-pyrrole nitrogens is 2. The lowest BCUT2D eigenvalue weighted by molar-refractivity contribution is 0.0601. The second-order valence-electron chi connectivity index (χ2n) is 5.31. The molecule has 0 aliphatic carbocycles. The topological polar surface area (TPSA) is 104 Å². The van der Waals surface area contributed by atoms with Gasteiger partial charge >= 0.3 is 5.97 Å². The minimum absolute atomic E-state index is 0. The molecule has 27 heavy (non-hydrogen) atoms. The van der Waals surface area contributed by atoms with Crippen molar-refractivity contribution in [2.75, 3.05) is 7.11 Å². The number of halogens is 2. The first kappa shape index (κ1) is 21.6. The Labute approximate surface area is 183 Å². The van der Waals surface area contributed by atoms with E-state index >= 15 is 0 Å². The summed E-state index contributed by atoms with van der Waals surface area (Å²) in [5.74, 6) is -0.330. The summed E-state index contributed by atoms with van der Waals surface area (Å²) in [7, 11) is 1.37. The largest absolute Gasteiger partial charge is 0.465 e. The summed E-state index contributed by atoms with van der Waals surface area (Å²) in [5, 5.41) is 24.8. The Morgan fingerprint density at radius 2 is 1.59 bits per heavy atom. The number of rotatable bonds is 2. The van der Waals surface area contributed by atoms with Gasteiger partial charge < -0.3 is 9.84 Å². The summed E-state index contributed by atoms with van der Waals surface area (Å²) < 4.78 is 6.56. The number of hydrogen-bond acceptors (Lipinski definition) is 5. The maximum Gasteiger partial charge on any atom is 0.337 e. The smallest absolute Gasteiger partial charge is 0.337 e. The molecule has 0 spiro atoms. The van der Waals surface area contributed by atoms with Crippen LogP contribution in [0.5, 0.6) is 0 Å². The molecule has 142 valence electrons. The van der Waals surface area contributed by atoms with E-state index in [9.17, 15) is 4.79 Å². The predicted molar refractivity (Wildman–Crippen MR) is 122 cm³/mol. The molecule has 0 saturated heterocycles. The monoisotopic (exact) mass is 592 g/mol. The second kappa shape index (κ2) is 9.46. The van der Waals surface area contributed by atoms with Gasteiger partial charge in [-0.2, -0.15) is 10.2 Å². The number of aliphatic hydroxyl groups excluding tert-OH is 1. The van der Waals surface area contributed by atoms with Crippen molar-refractivity contribution in [2.24, 2.45) is 0 Å². The molecule has 0 saturated carbocycles. The number of nitrogens with zero attached hydrogens (tertiary/aromatic N) is 2. The molecule has 3 N–H and O–H groups in total. The van der Waals surface area contributed by atoms with Gasteiger partial charge in [0.2, 0.25) is 0 Å². The first-order valence-corrected chi connectivity index (χ1v) is 9.64. The fourth-order valence-corrected chi connectivity index (χ4v) is 3.45. The van der Waals surface area contributed by atoms with E-state index in [2.05, 4.69) is 70.3 Å². The van der Waals surface area contributed by atoms with E-state index in [-0.39, 0.29) is 20.0 Å². The third-order valence-electron chi connectivity index (χ3n) is 3.68. The van der Waals surface area contributed by atoms with Gasteiger partial charge in [-0.05, 0) is 81.1 Å². The van der Waals surface area contributed by atoms with Gasteiger partial charge in [-0.3, -0.25) is 10.2 Å². The van der Waals surface area contributed by atoms with Crippen LogP contribution in [0.2, 0.25) is 0 Å². The Bertz CT molecular complexity index is 1080. The highest BCUT2D eigenvalue weighted by Crippen LogP contribution is 2.20. The van der Waals surface area contributed by atoms with Crippen LogP contribution in [0.3, 0.4) is 0 Å². The molecule has 2 aromatic carbocycles. The molecule has 2 aromatic heterocycles. The number of aromatic nitrogens is 4. The summed E-state index contributed by atoms with van der Waals surface area (Å²) in [6.45, 7) is 0.0806. The molecule has 0 bridgehead atoms. The Kier molecular flexibility index (Phi) is 7.56. The van der Waals surface area contributed by atoms with Crippen molar-refractivity contribution in [3.63, 3.8) is 0 Å². The van der Waals surface area contributed by atoms with Crippen LogP contribution in [0.4, 0.5) is 0 Å². The minimum Gasteiger partial charge on any atom is -0.465 e. The van der Waals surface area contributed by atoms with E-state index < -0.39 is 0 Å². The van der Waals surface area contributed by atoms with Gasteiger partial charge in [-0.15, -0.1) is 0 Å². The average Bonchev–Trinajstić information content (AvgIpc) is 3.24. The SMILES string of the molecule is C.COC(=O)c1ccc2n[nH]c(I)c2c1.OCc1ccc2n[nH]c(I)c2c1. The van der Waals surface area contributed by atoms with Crippen molar-refractivity contribution in [2.45, 2.75) is 14.0 Å². The van der Waals surface area contributed by atoms with Crippen molar-refractivity contribution in [3.05, 3.63) is 54.9 Å². The molecule has 7 nitrogen and oxygen atoms in total. The quantitative estimate of drug-likeness (QED) is 0.239. The molecule has 0 aliphatic rings. The first-order chi connectivity index (χ1) is 12.5. The van der Waals surface area contributed by atoms with Gasteiger partial charge in [0.1, 0.15) is 7.40 Å². The molecule has 0 atom stereocenters. The van der Waals surface area contributed by atoms with Gasteiger partial charge in [0.05, 0.1) is 30.3 Å². The van der Waals surface area contributed by atoms with E-state index in [1.807, 2.05) is 18.2 Å². The van der Waals surface area contributed by atoms with Crippen molar-refractivity contribution in [3.8, 4) is 0 Å². The zero-order valence-electron chi connectivity index (χ0n) is 13.6. The van der Waals surface area contributed by atoms with E-state index in [0.29, 0.717) is 5.56 Å². The summed E-state index contributed by atoms with van der Waals surface area (Å²) in [5.41, 5.74) is 3.25. The number of aromatic amines is 2. The summed E-state index contributed by atoms with van der Waals surface area (Å²) in [6.07, 6.45) is 0. The number of esters is 1. The zero-order chi connectivity index (χ0) is 18.7. The van der Waals surface area contributed by atoms with Crippen LogP contribution in [0.15, 0.2) is 36.4 Å². The number of hydrogen-bond donors (Lipinski definition) is 3. The lowest BCUT2D eigenvalue weighted by atomic mass is 10.2. The average molecular weight is 592 g/mol. The van der Waals surface area contributed by atoms with Crippen LogP contribution < -0.4 is 0 Å². The molecule has 0 aliphatic heterocycles. The molecule has 2 heterocycles. The Morgan fingerprint density at radius 3 is 2.15 bits per heavy atom. The number of ether oxygens (including phenoxy) is 1. The number of aliphatic hydroxyl groups is 1. The molecular formula is C18H18I2N4O3. The van der Waals surface area contributed by atoms with Crippen LogP contribution in [0.1, 0.15) is 23.3 Å². The van der Waals surface area contributed by atoms with Gasteiger partial charge in [-0.25, -0.2) is 4.79 Å². The molecule has 4 aromatic rings. The van der Waals surface area contributed by atoms with E-state index in [4.69, 9.17) is 5.11 Å². The van der Waals surface area contributed by atoms with Crippen molar-refractivity contribution in [1.29, 1.82) is 0 Å². The number of benzene rings is 2. The standard InChI is InChI=1S/C9H7IN2O2.C8H7IN2O.CH4/c1-14-9(13)5-2-3-7-6(4-5)8(10)12-11-7;9-8-6-3-5(4-12)1-2-7(6)10-11-8;/h2-4H,1H3,(H,11,12);1-3,12H,4H2,(H,10,11);1H4. The molecule has 0 amide bonds. The molecule has 0 unspecified atom stereocenters. The molecule has 0 radical (unpaired) electrons. The van der Waals surface area contributed by atoms with Gasteiger partial charge in [0.15, 0.2) is 0 Å². The highest BCUT2D eigenvalue weighted by atomic mass is 127. The fourth-order valence-electron chi connectivity index (χ4n) is 2.35. The van der Waals surface area contributed by atoms with Crippen LogP contribution in [-0.2, 0) is 11.3 Å². The number of nitrogens with one attached hydrogen (secondary N) is 2. The van der Waals surface area contributed by atoms with Crippen LogP contribution >= 0.6 is 45.2 Å². The summed E-state index contributed by atoms with van der Waals surface area (Å²) >= 11 is 4.32. The number of carbonyl (C=O) groups is 1. The molecule has 4 rings (SSSR count). The normalized spacial score (nSPS) is 10.2. The third-order valence-corrected chi connectivity index (χ3v) is 5.33. The third kappa shape index (κ3) is 4.76. The maximum atomic E-state index is 11.2. The number of carbonyl (C=O) groups excluding carboxylic acids is 1.